The van der Waals surface area contributed by atoms with Gasteiger partial charge in [-0.1, -0.05) is 0 Å². The van der Waals surface area contributed by atoms with Crippen LogP contribution in [0.3, 0.4) is 0 Å². The van der Waals surface area contributed by atoms with Crippen LogP contribution in [0, 0.1) is 0 Å². The van der Waals surface area contributed by atoms with E-state index in [-0.39, 0.29) is 0 Å². The highest BCUT2D eigenvalue weighted by Crippen LogP contribution is 2.12. The van der Waals surface area contributed by atoms with E-state index < -0.39 is 6.17 Å². The van der Waals surface area contributed by atoms with E-state index in [2.05, 4.69) is 20.7 Å². The van der Waals surface area contributed by atoms with Crippen molar-refractivity contribution in [3.05, 3.63) is 11.9 Å². The van der Waals surface area contributed by atoms with Crippen LogP contribution in [0.15, 0.2) is 6.08 Å². The number of tetrazole rings is 1. The van der Waals surface area contributed by atoms with Gasteiger partial charge in [-0.25, -0.2) is 4.39 Å². The molecule has 1 unspecified atom stereocenters. The molecule has 5 nitrogen and oxygen atoms in total. The Balaban J connectivity index is 2.26. The summed E-state index contributed by atoms with van der Waals surface area (Å²) in [5, 5.41) is 14.1. The van der Waals surface area contributed by atoms with Crippen LogP contribution in [-0.4, -0.2) is 32.9 Å². The van der Waals surface area contributed by atoms with Gasteiger partial charge in [0.2, 0.25) is 5.82 Å². The predicted octanol–water partition coefficient (Wildman–Crippen LogP) is -0.508. The van der Waals surface area contributed by atoms with E-state index in [1.54, 1.807) is 7.05 Å². The first-order valence-electron chi connectivity index (χ1n) is 3.60. The lowest BCUT2D eigenvalue weighted by Crippen LogP contribution is -2.12. The molecule has 0 saturated carbocycles. The molecule has 6 heteroatoms. The van der Waals surface area contributed by atoms with Crippen molar-refractivity contribution in [1.82, 2.24) is 25.5 Å². The molecule has 1 atom stereocenters. The van der Waals surface area contributed by atoms with Crippen molar-refractivity contribution in [2.24, 2.45) is 7.05 Å². The van der Waals surface area contributed by atoms with Crippen LogP contribution in [0.4, 0.5) is 4.39 Å². The molecule has 64 valence electrons. The van der Waals surface area contributed by atoms with Gasteiger partial charge in [-0.05, 0) is 11.3 Å². The molecule has 1 aliphatic rings. The fraction of sp³-hybridized carbons (Fsp3) is 0.500. The summed E-state index contributed by atoms with van der Waals surface area (Å²) in [4.78, 5) is 1.34. The number of aryl methyl sites for hydroxylation is 1. The molecule has 1 aromatic heterocycles. The number of aromatic nitrogens is 4. The second-order valence-electron chi connectivity index (χ2n) is 2.58. The minimum absolute atomic E-state index is 0.299. The Bertz CT molecular complexity index is 317. The largest absolute Gasteiger partial charge is 0.379 e. The van der Waals surface area contributed by atoms with Crippen LogP contribution < -0.4 is 5.32 Å². The average Bonchev–Trinajstić information content (AvgIpc) is 2.58. The molecular weight excluding hydrogens is 161 g/mol. The van der Waals surface area contributed by atoms with E-state index in [9.17, 15) is 4.39 Å². The first kappa shape index (κ1) is 7.20. The maximum Gasteiger partial charge on any atom is 0.220 e. The Hall–Kier alpha value is -1.46. The van der Waals surface area contributed by atoms with Gasteiger partial charge >= 0.3 is 0 Å². The minimum Gasteiger partial charge on any atom is -0.379 e. The molecule has 1 N–H and O–H groups in total. The molecule has 0 saturated heterocycles. The zero-order chi connectivity index (χ0) is 8.55. The highest BCUT2D eigenvalue weighted by Gasteiger charge is 2.17. The summed E-state index contributed by atoms with van der Waals surface area (Å²) < 4.78 is 12.6. The van der Waals surface area contributed by atoms with Crippen LogP contribution >= 0.6 is 0 Å². The van der Waals surface area contributed by atoms with E-state index >= 15 is 0 Å². The lowest BCUT2D eigenvalue weighted by molar-refractivity contribution is 0.411. The van der Waals surface area contributed by atoms with Gasteiger partial charge in [0, 0.05) is 6.54 Å². The highest BCUT2D eigenvalue weighted by atomic mass is 19.1. The summed E-state index contributed by atoms with van der Waals surface area (Å²) in [6.45, 7) is 0.299. The van der Waals surface area contributed by atoms with Crippen molar-refractivity contribution >= 4 is 5.70 Å². The number of nitrogens with one attached hydrogen (secondary N) is 1. The van der Waals surface area contributed by atoms with Crippen molar-refractivity contribution in [2.45, 2.75) is 6.17 Å². The molecule has 0 aromatic carbocycles. The molecule has 2 heterocycles. The van der Waals surface area contributed by atoms with E-state index in [0.717, 1.165) is 0 Å². The van der Waals surface area contributed by atoms with Crippen LogP contribution in [0.25, 0.3) is 5.70 Å². The first-order chi connectivity index (χ1) is 5.75. The number of rotatable bonds is 1. The van der Waals surface area contributed by atoms with Gasteiger partial charge in [-0.2, -0.15) is 4.80 Å². The van der Waals surface area contributed by atoms with E-state index in [4.69, 9.17) is 0 Å². The maximum atomic E-state index is 12.6. The SMILES string of the molecule is Cn1nnc(C2=CC(F)CN2)n1. The molecule has 2 rings (SSSR count). The van der Waals surface area contributed by atoms with Crippen molar-refractivity contribution in [3.63, 3.8) is 0 Å². The Morgan fingerprint density at radius 2 is 2.58 bits per heavy atom. The van der Waals surface area contributed by atoms with Gasteiger partial charge in [0.25, 0.3) is 0 Å². The molecule has 1 aliphatic heterocycles. The molecule has 0 amide bonds. The molecule has 12 heavy (non-hydrogen) atoms. The summed E-state index contributed by atoms with van der Waals surface area (Å²) in [6, 6.07) is 0. The third-order valence-electron chi connectivity index (χ3n) is 1.58. The van der Waals surface area contributed by atoms with Crippen LogP contribution in [0.1, 0.15) is 5.82 Å². The third kappa shape index (κ3) is 1.15. The van der Waals surface area contributed by atoms with E-state index in [1.165, 1.54) is 10.9 Å². The standard InChI is InChI=1S/C6H8FN5/c1-12-10-6(9-11-12)5-2-4(7)3-8-5/h2,4,8H,3H2,1H3. The van der Waals surface area contributed by atoms with E-state index in [1.807, 2.05) is 0 Å². The van der Waals surface area contributed by atoms with Crippen LogP contribution in [-0.2, 0) is 7.05 Å². The van der Waals surface area contributed by atoms with Crippen molar-refractivity contribution in [1.29, 1.82) is 0 Å². The fourth-order valence-corrected chi connectivity index (χ4v) is 1.05. The molecule has 1 aromatic rings. The number of halogens is 1. The lowest BCUT2D eigenvalue weighted by Gasteiger charge is -1.94. The molecule has 0 radical (unpaired) electrons. The average molecular weight is 169 g/mol. The molecule has 0 aliphatic carbocycles. The first-order valence-corrected chi connectivity index (χ1v) is 3.60. The lowest BCUT2D eigenvalue weighted by atomic mass is 10.4. The molecule has 0 bridgehead atoms. The Morgan fingerprint density at radius 3 is 3.08 bits per heavy atom. The second kappa shape index (κ2) is 2.54. The monoisotopic (exact) mass is 169 g/mol. The summed E-state index contributed by atoms with van der Waals surface area (Å²) >= 11 is 0. The molecule has 0 fully saturated rings. The number of nitrogens with zero attached hydrogens (tertiary/aromatic N) is 4. The zero-order valence-corrected chi connectivity index (χ0v) is 6.53. The molecule has 0 spiro atoms. The smallest absolute Gasteiger partial charge is 0.220 e. The zero-order valence-electron chi connectivity index (χ0n) is 6.53. The highest BCUT2D eigenvalue weighted by molar-refractivity contribution is 5.60. The Kier molecular flexibility index (Phi) is 1.53. The van der Waals surface area contributed by atoms with Gasteiger partial charge in [0.1, 0.15) is 6.17 Å². The second-order valence-corrected chi connectivity index (χ2v) is 2.58. The van der Waals surface area contributed by atoms with Gasteiger partial charge in [0.05, 0.1) is 12.7 Å². The van der Waals surface area contributed by atoms with Crippen molar-refractivity contribution in [3.8, 4) is 0 Å². The summed E-state index contributed by atoms with van der Waals surface area (Å²) in [7, 11) is 1.67. The minimum atomic E-state index is -0.941. The summed E-state index contributed by atoms with van der Waals surface area (Å²) in [5.41, 5.74) is 0.621. The summed E-state index contributed by atoms with van der Waals surface area (Å²) in [5.74, 6) is 0.442. The Labute approximate surface area is 68.3 Å². The quantitative estimate of drug-likeness (QED) is 0.615. The fourth-order valence-electron chi connectivity index (χ4n) is 1.05. The van der Waals surface area contributed by atoms with Crippen LogP contribution in [0.5, 0.6) is 0 Å². The number of alkyl halides is 1. The van der Waals surface area contributed by atoms with Crippen LogP contribution in [0.2, 0.25) is 0 Å². The summed E-state index contributed by atoms with van der Waals surface area (Å²) in [6.07, 6.45) is 0.514. The normalized spacial score (nSPS) is 22.2. The van der Waals surface area contributed by atoms with E-state index in [0.29, 0.717) is 18.1 Å². The predicted molar refractivity (Wildman–Crippen MR) is 39.7 cm³/mol. The topological polar surface area (TPSA) is 55.6 Å². The van der Waals surface area contributed by atoms with Crippen molar-refractivity contribution in [2.75, 3.05) is 6.54 Å². The maximum absolute atomic E-state index is 12.6. The van der Waals surface area contributed by atoms with Gasteiger partial charge in [-0.15, -0.1) is 10.2 Å². The van der Waals surface area contributed by atoms with Gasteiger partial charge < -0.3 is 5.32 Å². The third-order valence-corrected chi connectivity index (χ3v) is 1.58. The molecular formula is C6H8FN5. The number of hydrogen-bond donors (Lipinski definition) is 1. The van der Waals surface area contributed by atoms with Crippen molar-refractivity contribution < 1.29 is 4.39 Å². The number of hydrogen-bond acceptors (Lipinski definition) is 4. The Morgan fingerprint density at radius 1 is 1.75 bits per heavy atom. The van der Waals surface area contributed by atoms with Gasteiger partial charge in [-0.3, -0.25) is 0 Å². The van der Waals surface area contributed by atoms with Gasteiger partial charge in [0.15, 0.2) is 0 Å².